The predicted octanol–water partition coefficient (Wildman–Crippen LogP) is 2.92. The lowest BCUT2D eigenvalue weighted by Crippen LogP contribution is -2.58. The zero-order valence-corrected chi connectivity index (χ0v) is 21.1. The Morgan fingerprint density at radius 2 is 1.67 bits per heavy atom. The van der Waals surface area contributed by atoms with Crippen LogP contribution in [-0.4, -0.2) is 44.2 Å². The van der Waals surface area contributed by atoms with Crippen molar-refractivity contribution in [3.63, 3.8) is 0 Å². The SMILES string of the molecule is CC(C)(C)OC(=O)[C@@H](Cc1ccccc1)[C@@H](O)C[C@](N)(Cc1ccccc1)C(=O)NCc1ncc[nH]1. The molecule has 0 aliphatic rings. The van der Waals surface area contributed by atoms with Crippen LogP contribution >= 0.6 is 0 Å². The van der Waals surface area contributed by atoms with Crippen molar-refractivity contribution >= 4 is 11.9 Å². The van der Waals surface area contributed by atoms with Crippen LogP contribution in [0.4, 0.5) is 0 Å². The molecule has 0 spiro atoms. The van der Waals surface area contributed by atoms with E-state index in [1.807, 2.05) is 60.7 Å². The predicted molar refractivity (Wildman–Crippen MR) is 138 cm³/mol. The van der Waals surface area contributed by atoms with Gasteiger partial charge in [-0.25, -0.2) is 4.98 Å². The van der Waals surface area contributed by atoms with Gasteiger partial charge in [0.1, 0.15) is 17.0 Å². The molecule has 1 amide bonds. The number of esters is 1. The largest absolute Gasteiger partial charge is 0.460 e. The number of nitrogens with zero attached hydrogens (tertiary/aromatic N) is 1. The molecule has 8 heteroatoms. The molecule has 2 aromatic carbocycles. The first-order valence-corrected chi connectivity index (χ1v) is 12.1. The van der Waals surface area contributed by atoms with Crippen LogP contribution in [0.5, 0.6) is 0 Å². The molecule has 0 saturated carbocycles. The van der Waals surface area contributed by atoms with E-state index in [1.165, 1.54) is 0 Å². The third-order valence-corrected chi connectivity index (χ3v) is 5.83. The molecule has 0 aliphatic heterocycles. The van der Waals surface area contributed by atoms with Crippen molar-refractivity contribution in [2.45, 2.75) is 63.8 Å². The Kier molecular flexibility index (Phi) is 9.01. The Hall–Kier alpha value is -3.49. The Morgan fingerprint density at radius 1 is 1.06 bits per heavy atom. The minimum Gasteiger partial charge on any atom is -0.460 e. The normalized spacial score (nSPS) is 14.9. The molecule has 5 N–H and O–H groups in total. The number of nitrogens with two attached hydrogens (primary N) is 1. The number of aliphatic hydroxyl groups excluding tert-OH is 1. The highest BCUT2D eigenvalue weighted by Gasteiger charge is 2.41. The van der Waals surface area contributed by atoms with Gasteiger partial charge in [-0.1, -0.05) is 60.7 Å². The number of aromatic amines is 1. The summed E-state index contributed by atoms with van der Waals surface area (Å²) < 4.78 is 5.63. The van der Waals surface area contributed by atoms with Gasteiger partial charge in [0.05, 0.1) is 18.6 Å². The van der Waals surface area contributed by atoms with E-state index in [0.717, 1.165) is 11.1 Å². The minimum atomic E-state index is -1.48. The summed E-state index contributed by atoms with van der Waals surface area (Å²) in [5.41, 5.74) is 6.23. The zero-order chi connectivity index (χ0) is 26.2. The van der Waals surface area contributed by atoms with Crippen molar-refractivity contribution in [1.29, 1.82) is 0 Å². The van der Waals surface area contributed by atoms with E-state index in [4.69, 9.17) is 10.5 Å². The summed E-state index contributed by atoms with van der Waals surface area (Å²) in [4.78, 5) is 33.6. The van der Waals surface area contributed by atoms with Crippen LogP contribution < -0.4 is 11.1 Å². The van der Waals surface area contributed by atoms with Gasteiger partial charge in [-0.3, -0.25) is 9.59 Å². The number of imidazole rings is 1. The summed E-state index contributed by atoms with van der Waals surface area (Å²) in [6, 6.07) is 18.8. The van der Waals surface area contributed by atoms with Crippen molar-refractivity contribution in [2.75, 3.05) is 0 Å². The number of rotatable bonds is 11. The highest BCUT2D eigenvalue weighted by atomic mass is 16.6. The fourth-order valence-electron chi connectivity index (χ4n) is 4.08. The first-order chi connectivity index (χ1) is 17.1. The van der Waals surface area contributed by atoms with E-state index >= 15 is 0 Å². The lowest BCUT2D eigenvalue weighted by atomic mass is 9.80. The standard InChI is InChI=1S/C28H36N4O4/c1-27(2,3)36-25(34)22(16-20-10-6-4-7-11-20)23(33)18-28(29,17-21-12-8-5-9-13-21)26(35)32-19-24-30-14-15-31-24/h4-15,22-23,33H,16-19,29H2,1-3H3,(H,30,31)(H,32,35)/t22-,23-,28+/m0/s1. The van der Waals surface area contributed by atoms with Gasteiger partial charge in [0.2, 0.25) is 5.91 Å². The quantitative estimate of drug-likeness (QED) is 0.305. The highest BCUT2D eigenvalue weighted by molar-refractivity contribution is 5.86. The first kappa shape index (κ1) is 27.1. The smallest absolute Gasteiger partial charge is 0.312 e. The molecule has 3 atom stereocenters. The summed E-state index contributed by atoms with van der Waals surface area (Å²) in [6.45, 7) is 5.50. The number of nitrogens with one attached hydrogen (secondary N) is 2. The van der Waals surface area contributed by atoms with Gasteiger partial charge in [0, 0.05) is 18.8 Å². The number of aliphatic hydroxyl groups is 1. The Morgan fingerprint density at radius 3 is 2.22 bits per heavy atom. The maximum absolute atomic E-state index is 13.4. The number of hydrogen-bond acceptors (Lipinski definition) is 6. The van der Waals surface area contributed by atoms with Gasteiger partial charge in [-0.2, -0.15) is 0 Å². The van der Waals surface area contributed by atoms with Crippen molar-refractivity contribution in [1.82, 2.24) is 15.3 Å². The number of carbonyl (C=O) groups excluding carboxylic acids is 2. The van der Waals surface area contributed by atoms with Gasteiger partial charge in [-0.05, 0) is 44.7 Å². The second kappa shape index (κ2) is 12.0. The lowest BCUT2D eigenvalue weighted by Gasteiger charge is -2.33. The number of hydrogen-bond donors (Lipinski definition) is 4. The molecule has 8 nitrogen and oxygen atoms in total. The Labute approximate surface area is 212 Å². The Bertz CT molecular complexity index is 1100. The molecule has 192 valence electrons. The average molecular weight is 493 g/mol. The van der Waals surface area contributed by atoms with Gasteiger partial charge in [0.15, 0.2) is 0 Å². The van der Waals surface area contributed by atoms with E-state index in [1.54, 1.807) is 33.2 Å². The number of amides is 1. The molecule has 1 aromatic heterocycles. The third-order valence-electron chi connectivity index (χ3n) is 5.83. The molecule has 0 bridgehead atoms. The molecule has 3 aromatic rings. The minimum absolute atomic E-state index is 0.136. The van der Waals surface area contributed by atoms with Crippen LogP contribution in [0.1, 0.15) is 44.1 Å². The van der Waals surface area contributed by atoms with Gasteiger partial charge >= 0.3 is 5.97 Å². The molecule has 0 aliphatic carbocycles. The number of carbonyl (C=O) groups is 2. The second-order valence-electron chi connectivity index (χ2n) is 10.1. The van der Waals surface area contributed by atoms with Gasteiger partial charge < -0.3 is 25.9 Å². The summed E-state index contributed by atoms with van der Waals surface area (Å²) >= 11 is 0. The van der Waals surface area contributed by atoms with E-state index in [0.29, 0.717) is 5.82 Å². The Balaban J connectivity index is 1.85. The highest BCUT2D eigenvalue weighted by Crippen LogP contribution is 2.26. The maximum Gasteiger partial charge on any atom is 0.312 e. The van der Waals surface area contributed by atoms with Gasteiger partial charge in [0.25, 0.3) is 0 Å². The van der Waals surface area contributed by atoms with Crippen molar-refractivity contribution in [2.24, 2.45) is 11.7 Å². The first-order valence-electron chi connectivity index (χ1n) is 12.1. The maximum atomic E-state index is 13.4. The molecule has 0 saturated heterocycles. The number of H-pyrrole nitrogens is 1. The molecule has 0 unspecified atom stereocenters. The average Bonchev–Trinajstić information content (AvgIpc) is 3.34. The summed E-state index contributed by atoms with van der Waals surface area (Å²) in [5, 5.41) is 14.2. The van der Waals surface area contributed by atoms with Crippen LogP contribution in [0.2, 0.25) is 0 Å². The van der Waals surface area contributed by atoms with E-state index in [9.17, 15) is 14.7 Å². The van der Waals surface area contributed by atoms with Crippen LogP contribution in [0.25, 0.3) is 0 Å². The molecule has 36 heavy (non-hydrogen) atoms. The number of ether oxygens (including phenoxy) is 1. The van der Waals surface area contributed by atoms with Crippen LogP contribution in [-0.2, 0) is 33.7 Å². The summed E-state index contributed by atoms with van der Waals surface area (Å²) in [5.74, 6) is -1.29. The monoisotopic (exact) mass is 492 g/mol. The number of aromatic nitrogens is 2. The summed E-state index contributed by atoms with van der Waals surface area (Å²) in [6.07, 6.45) is 2.35. The zero-order valence-electron chi connectivity index (χ0n) is 21.1. The molecular formula is C28H36N4O4. The molecule has 1 heterocycles. The molecule has 3 rings (SSSR count). The van der Waals surface area contributed by atoms with Crippen molar-refractivity contribution in [3.8, 4) is 0 Å². The van der Waals surface area contributed by atoms with Crippen LogP contribution in [0.3, 0.4) is 0 Å². The van der Waals surface area contributed by atoms with Crippen molar-refractivity contribution < 1.29 is 19.4 Å². The summed E-state index contributed by atoms with van der Waals surface area (Å²) in [7, 11) is 0. The van der Waals surface area contributed by atoms with E-state index in [-0.39, 0.29) is 25.8 Å². The van der Waals surface area contributed by atoms with E-state index in [2.05, 4.69) is 15.3 Å². The van der Waals surface area contributed by atoms with Crippen LogP contribution in [0, 0.1) is 5.92 Å². The van der Waals surface area contributed by atoms with Gasteiger partial charge in [-0.15, -0.1) is 0 Å². The third kappa shape index (κ3) is 8.03. The number of benzene rings is 2. The second-order valence-corrected chi connectivity index (χ2v) is 10.1. The fourth-order valence-corrected chi connectivity index (χ4v) is 4.08. The topological polar surface area (TPSA) is 130 Å². The fraction of sp³-hybridized carbons (Fsp3) is 0.393. The lowest BCUT2D eigenvalue weighted by molar-refractivity contribution is -0.164. The molecule has 0 radical (unpaired) electrons. The van der Waals surface area contributed by atoms with Crippen molar-refractivity contribution in [3.05, 3.63) is 90.0 Å². The molecular weight excluding hydrogens is 456 g/mol. The molecule has 0 fully saturated rings. The van der Waals surface area contributed by atoms with Crippen LogP contribution in [0.15, 0.2) is 73.1 Å². The van der Waals surface area contributed by atoms with E-state index < -0.39 is 35.0 Å².